The second-order valence-electron chi connectivity index (χ2n) is 6.49. The zero-order chi connectivity index (χ0) is 15.5. The lowest BCUT2D eigenvalue weighted by Crippen LogP contribution is -2.40. The molecule has 22 heavy (non-hydrogen) atoms. The fourth-order valence-corrected chi connectivity index (χ4v) is 3.80. The summed E-state index contributed by atoms with van der Waals surface area (Å²) in [5.41, 5.74) is 3.43. The molecule has 1 aromatic carbocycles. The first-order valence-electron chi connectivity index (χ1n) is 8.27. The quantitative estimate of drug-likeness (QED) is 0.930. The van der Waals surface area contributed by atoms with E-state index in [1.165, 1.54) is 11.1 Å². The first-order valence-corrected chi connectivity index (χ1v) is 8.27. The molecule has 1 aromatic rings. The molecule has 0 aromatic heterocycles. The van der Waals surface area contributed by atoms with Crippen molar-refractivity contribution < 1.29 is 14.7 Å². The van der Waals surface area contributed by atoms with Crippen molar-refractivity contribution in [3.05, 3.63) is 34.9 Å². The maximum absolute atomic E-state index is 12.9. The fraction of sp³-hybridized carbons (Fsp3) is 0.556. The lowest BCUT2D eigenvalue weighted by molar-refractivity contribution is -0.137. The van der Waals surface area contributed by atoms with Crippen molar-refractivity contribution in [3.63, 3.8) is 0 Å². The van der Waals surface area contributed by atoms with Gasteiger partial charge >= 0.3 is 5.97 Å². The van der Waals surface area contributed by atoms with Crippen molar-refractivity contribution in [2.24, 2.45) is 5.92 Å². The number of aryl methyl sites for hydroxylation is 1. The van der Waals surface area contributed by atoms with Gasteiger partial charge in [0.1, 0.15) is 0 Å². The molecule has 4 heteroatoms. The zero-order valence-corrected chi connectivity index (χ0v) is 12.9. The maximum Gasteiger partial charge on any atom is 0.303 e. The van der Waals surface area contributed by atoms with Crippen LogP contribution in [0.4, 0.5) is 0 Å². The first-order chi connectivity index (χ1) is 10.6. The molecule has 2 aliphatic rings. The van der Waals surface area contributed by atoms with Gasteiger partial charge in [-0.05, 0) is 61.6 Å². The summed E-state index contributed by atoms with van der Waals surface area (Å²) >= 11 is 0. The molecule has 1 aliphatic heterocycles. The molecule has 1 aliphatic carbocycles. The van der Waals surface area contributed by atoms with Gasteiger partial charge in [-0.1, -0.05) is 12.1 Å². The normalized spacial score (nSPS) is 20.7. The Kier molecular flexibility index (Phi) is 4.46. The minimum Gasteiger partial charge on any atom is -0.481 e. The van der Waals surface area contributed by atoms with Crippen molar-refractivity contribution in [2.75, 3.05) is 13.1 Å². The summed E-state index contributed by atoms with van der Waals surface area (Å²) in [4.78, 5) is 25.5. The maximum atomic E-state index is 12.9. The number of likely N-dealkylation sites (tertiary alicyclic amines) is 1. The molecule has 0 radical (unpaired) electrons. The number of aliphatic carboxylic acids is 1. The topological polar surface area (TPSA) is 57.6 Å². The third-order valence-corrected chi connectivity index (χ3v) is 4.95. The average molecular weight is 301 g/mol. The van der Waals surface area contributed by atoms with E-state index in [1.54, 1.807) is 0 Å². The summed E-state index contributed by atoms with van der Waals surface area (Å²) in [5.74, 6) is -0.284. The molecule has 3 rings (SSSR count). The second kappa shape index (κ2) is 6.51. The largest absolute Gasteiger partial charge is 0.481 e. The van der Waals surface area contributed by atoms with E-state index in [0.29, 0.717) is 18.9 Å². The van der Waals surface area contributed by atoms with Crippen LogP contribution in [0.3, 0.4) is 0 Å². The molecule has 1 amide bonds. The van der Waals surface area contributed by atoms with E-state index in [1.807, 2.05) is 17.0 Å². The van der Waals surface area contributed by atoms with Crippen LogP contribution in [-0.4, -0.2) is 35.0 Å². The number of carboxylic acids is 1. The van der Waals surface area contributed by atoms with Gasteiger partial charge in [0.15, 0.2) is 0 Å². The number of fused-ring (bicyclic) bond motifs is 1. The summed E-state index contributed by atoms with van der Waals surface area (Å²) in [6, 6.07) is 6.07. The molecular formula is C18H23NO3. The van der Waals surface area contributed by atoms with Crippen molar-refractivity contribution in [3.8, 4) is 0 Å². The van der Waals surface area contributed by atoms with Gasteiger partial charge in [-0.25, -0.2) is 0 Å². The van der Waals surface area contributed by atoms with E-state index in [2.05, 4.69) is 6.07 Å². The number of nitrogens with zero attached hydrogens (tertiary/aromatic N) is 1. The number of amides is 1. The van der Waals surface area contributed by atoms with Crippen LogP contribution in [0.2, 0.25) is 0 Å². The van der Waals surface area contributed by atoms with Gasteiger partial charge < -0.3 is 10.0 Å². The van der Waals surface area contributed by atoms with Crippen LogP contribution in [0, 0.1) is 5.92 Å². The Bertz CT molecular complexity index is 582. The van der Waals surface area contributed by atoms with E-state index in [-0.39, 0.29) is 12.3 Å². The van der Waals surface area contributed by atoms with Crippen molar-refractivity contribution in [1.29, 1.82) is 0 Å². The Morgan fingerprint density at radius 2 is 2.09 bits per heavy atom. The Balaban J connectivity index is 1.70. The number of carboxylic acid groups (broad SMARTS) is 1. The van der Waals surface area contributed by atoms with Crippen LogP contribution in [0.1, 0.15) is 53.6 Å². The van der Waals surface area contributed by atoms with Crippen molar-refractivity contribution >= 4 is 11.9 Å². The SMILES string of the molecule is O=C(O)CC[C@@H]1CCCN(C(=O)c2cccc3c2CCC3)C1. The number of carbonyl (C=O) groups is 2. The molecule has 4 nitrogen and oxygen atoms in total. The number of piperidine rings is 1. The van der Waals surface area contributed by atoms with E-state index < -0.39 is 5.97 Å². The molecule has 1 saturated heterocycles. The zero-order valence-electron chi connectivity index (χ0n) is 12.9. The highest BCUT2D eigenvalue weighted by molar-refractivity contribution is 5.96. The van der Waals surface area contributed by atoms with Crippen LogP contribution in [0.15, 0.2) is 18.2 Å². The van der Waals surface area contributed by atoms with Gasteiger partial charge in [0.2, 0.25) is 0 Å². The Hall–Kier alpha value is -1.84. The lowest BCUT2D eigenvalue weighted by atomic mass is 9.92. The monoisotopic (exact) mass is 301 g/mol. The van der Waals surface area contributed by atoms with E-state index in [0.717, 1.165) is 44.2 Å². The molecular weight excluding hydrogens is 278 g/mol. The van der Waals surface area contributed by atoms with Crippen LogP contribution in [0.5, 0.6) is 0 Å². The minimum absolute atomic E-state index is 0.138. The standard InChI is InChI=1S/C18H23NO3/c20-17(21)10-9-13-4-3-11-19(12-13)18(22)16-8-2-6-14-5-1-7-15(14)16/h2,6,8,13H,1,3-5,7,9-12H2,(H,20,21)/t13-/m0/s1. The van der Waals surface area contributed by atoms with Crippen LogP contribution in [-0.2, 0) is 17.6 Å². The Labute approximate surface area is 131 Å². The molecule has 0 saturated carbocycles. The summed E-state index contributed by atoms with van der Waals surface area (Å²) in [5, 5.41) is 8.82. The first kappa shape index (κ1) is 15.1. The van der Waals surface area contributed by atoms with Gasteiger partial charge in [-0.2, -0.15) is 0 Å². The Morgan fingerprint density at radius 3 is 2.91 bits per heavy atom. The molecule has 1 heterocycles. The summed E-state index contributed by atoms with van der Waals surface area (Å²) in [6.07, 6.45) is 6.11. The number of hydrogen-bond acceptors (Lipinski definition) is 2. The number of hydrogen-bond donors (Lipinski definition) is 1. The average Bonchev–Trinajstić information content (AvgIpc) is 3.01. The van der Waals surface area contributed by atoms with Gasteiger partial charge in [0, 0.05) is 25.1 Å². The third-order valence-electron chi connectivity index (χ3n) is 4.95. The highest BCUT2D eigenvalue weighted by Gasteiger charge is 2.27. The smallest absolute Gasteiger partial charge is 0.303 e. The van der Waals surface area contributed by atoms with Gasteiger partial charge in [-0.15, -0.1) is 0 Å². The highest BCUT2D eigenvalue weighted by Crippen LogP contribution is 2.28. The van der Waals surface area contributed by atoms with Crippen LogP contribution < -0.4 is 0 Å². The summed E-state index contributed by atoms with van der Waals surface area (Å²) < 4.78 is 0. The molecule has 118 valence electrons. The summed E-state index contributed by atoms with van der Waals surface area (Å²) in [6.45, 7) is 1.50. The predicted molar refractivity (Wildman–Crippen MR) is 84.0 cm³/mol. The highest BCUT2D eigenvalue weighted by atomic mass is 16.4. The van der Waals surface area contributed by atoms with Crippen LogP contribution >= 0.6 is 0 Å². The lowest BCUT2D eigenvalue weighted by Gasteiger charge is -2.33. The van der Waals surface area contributed by atoms with Gasteiger partial charge in [0.05, 0.1) is 0 Å². The Morgan fingerprint density at radius 1 is 1.23 bits per heavy atom. The predicted octanol–water partition coefficient (Wildman–Crippen LogP) is 2.89. The van der Waals surface area contributed by atoms with E-state index >= 15 is 0 Å². The number of benzene rings is 1. The van der Waals surface area contributed by atoms with Gasteiger partial charge in [-0.3, -0.25) is 9.59 Å². The molecule has 1 fully saturated rings. The van der Waals surface area contributed by atoms with Crippen LogP contribution in [0.25, 0.3) is 0 Å². The molecule has 0 unspecified atom stereocenters. The minimum atomic E-state index is -0.746. The number of rotatable bonds is 4. The summed E-state index contributed by atoms with van der Waals surface area (Å²) in [7, 11) is 0. The molecule has 0 spiro atoms. The molecule has 1 N–H and O–H groups in total. The van der Waals surface area contributed by atoms with E-state index in [9.17, 15) is 9.59 Å². The van der Waals surface area contributed by atoms with E-state index in [4.69, 9.17) is 5.11 Å². The van der Waals surface area contributed by atoms with Crippen molar-refractivity contribution in [2.45, 2.75) is 44.9 Å². The fourth-order valence-electron chi connectivity index (χ4n) is 3.80. The third kappa shape index (κ3) is 3.16. The second-order valence-corrected chi connectivity index (χ2v) is 6.49. The van der Waals surface area contributed by atoms with Gasteiger partial charge in [0.25, 0.3) is 5.91 Å². The molecule has 0 bridgehead atoms. The molecule has 1 atom stereocenters. The number of carbonyl (C=O) groups excluding carboxylic acids is 1. The van der Waals surface area contributed by atoms with Crippen molar-refractivity contribution in [1.82, 2.24) is 4.90 Å².